The van der Waals surface area contributed by atoms with Gasteiger partial charge >= 0.3 is 0 Å². The fraction of sp³-hybridized carbons (Fsp3) is 0.308. The maximum atomic E-state index is 11.9. The van der Waals surface area contributed by atoms with Crippen molar-refractivity contribution in [2.45, 2.75) is 20.0 Å². The molecule has 2 aromatic rings. The van der Waals surface area contributed by atoms with Gasteiger partial charge in [-0.2, -0.15) is 0 Å². The van der Waals surface area contributed by atoms with E-state index in [-0.39, 0.29) is 12.5 Å². The summed E-state index contributed by atoms with van der Waals surface area (Å²) in [5.74, 6) is -0.215. The minimum atomic E-state index is -0.215. The first-order chi connectivity index (χ1) is 10.1. The lowest BCUT2D eigenvalue weighted by Crippen LogP contribution is -2.19. The molecule has 0 fully saturated rings. The number of anilines is 1. The van der Waals surface area contributed by atoms with Crippen molar-refractivity contribution in [2.24, 2.45) is 0 Å². The summed E-state index contributed by atoms with van der Waals surface area (Å²) in [6.07, 6.45) is 1.73. The van der Waals surface area contributed by atoms with E-state index in [1.54, 1.807) is 24.4 Å². The molecule has 0 aliphatic rings. The van der Waals surface area contributed by atoms with Gasteiger partial charge in [0.25, 0.3) is 0 Å². The van der Waals surface area contributed by atoms with Gasteiger partial charge in [-0.3, -0.25) is 4.79 Å². The van der Waals surface area contributed by atoms with Gasteiger partial charge in [-0.25, -0.2) is 4.68 Å². The summed E-state index contributed by atoms with van der Waals surface area (Å²) in [6, 6.07) is 4.91. The van der Waals surface area contributed by atoms with Crippen molar-refractivity contribution in [2.75, 3.05) is 11.9 Å². The van der Waals surface area contributed by atoms with Crippen LogP contribution in [0.25, 0.3) is 0 Å². The highest BCUT2D eigenvalue weighted by atomic mass is 35.5. The summed E-state index contributed by atoms with van der Waals surface area (Å²) in [7, 11) is 0. The number of hydrogen-bond donors (Lipinski definition) is 2. The van der Waals surface area contributed by atoms with Crippen LogP contribution in [0.4, 0.5) is 5.69 Å². The number of carbonyl (C=O) groups excluding carboxylic acids is 1. The molecule has 0 radical (unpaired) electrons. The molecule has 2 N–H and O–H groups in total. The SMILES string of the molecule is CCNCc1cn(CC(=O)Nc2ccc(Cl)c(Cl)c2)nn1. The molecule has 21 heavy (non-hydrogen) atoms. The third-order valence-electron chi connectivity index (χ3n) is 2.65. The largest absolute Gasteiger partial charge is 0.324 e. The van der Waals surface area contributed by atoms with Gasteiger partial charge in [-0.05, 0) is 24.7 Å². The van der Waals surface area contributed by atoms with Crippen molar-refractivity contribution in [3.63, 3.8) is 0 Å². The minimum absolute atomic E-state index is 0.0827. The van der Waals surface area contributed by atoms with E-state index in [2.05, 4.69) is 20.9 Å². The summed E-state index contributed by atoms with van der Waals surface area (Å²) < 4.78 is 1.49. The van der Waals surface area contributed by atoms with Crippen molar-refractivity contribution >= 4 is 34.8 Å². The van der Waals surface area contributed by atoms with E-state index in [4.69, 9.17) is 23.2 Å². The molecule has 0 atom stereocenters. The van der Waals surface area contributed by atoms with Crippen molar-refractivity contribution in [3.8, 4) is 0 Å². The topological polar surface area (TPSA) is 71.8 Å². The number of nitrogens with zero attached hydrogens (tertiary/aromatic N) is 3. The zero-order valence-corrected chi connectivity index (χ0v) is 12.9. The molecule has 0 spiro atoms. The molecule has 1 heterocycles. The lowest BCUT2D eigenvalue weighted by molar-refractivity contribution is -0.116. The minimum Gasteiger partial charge on any atom is -0.324 e. The number of carbonyl (C=O) groups is 1. The summed E-state index contributed by atoms with van der Waals surface area (Å²) in [5, 5.41) is 14.6. The standard InChI is InChI=1S/C13H15Cl2N5O/c1-2-16-6-10-7-20(19-18-10)8-13(21)17-9-3-4-11(14)12(15)5-9/h3-5,7,16H,2,6,8H2,1H3,(H,17,21). The molecule has 0 unspecified atom stereocenters. The lowest BCUT2D eigenvalue weighted by Gasteiger charge is -2.06. The predicted octanol–water partition coefficient (Wildman–Crippen LogP) is 2.33. The van der Waals surface area contributed by atoms with Gasteiger partial charge < -0.3 is 10.6 Å². The lowest BCUT2D eigenvalue weighted by atomic mass is 10.3. The smallest absolute Gasteiger partial charge is 0.246 e. The number of aromatic nitrogens is 3. The summed E-state index contributed by atoms with van der Waals surface area (Å²) in [4.78, 5) is 11.9. The molecule has 1 aromatic carbocycles. The first kappa shape index (κ1) is 15.8. The van der Waals surface area contributed by atoms with Crippen molar-refractivity contribution in [1.29, 1.82) is 0 Å². The fourth-order valence-electron chi connectivity index (χ4n) is 1.67. The molecule has 0 aliphatic heterocycles. The van der Waals surface area contributed by atoms with Gasteiger partial charge in [0.2, 0.25) is 5.91 Å². The van der Waals surface area contributed by atoms with Crippen LogP contribution >= 0.6 is 23.2 Å². The Hall–Kier alpha value is -1.63. The number of hydrogen-bond acceptors (Lipinski definition) is 4. The Kier molecular flexibility index (Phi) is 5.55. The second kappa shape index (κ2) is 7.40. The van der Waals surface area contributed by atoms with E-state index >= 15 is 0 Å². The van der Waals surface area contributed by atoms with Crippen LogP contribution in [-0.2, 0) is 17.9 Å². The quantitative estimate of drug-likeness (QED) is 0.854. The van der Waals surface area contributed by atoms with E-state index in [1.165, 1.54) is 4.68 Å². The van der Waals surface area contributed by atoms with Gasteiger partial charge in [0.1, 0.15) is 6.54 Å². The van der Waals surface area contributed by atoms with Crippen LogP contribution in [0.15, 0.2) is 24.4 Å². The molecule has 2 rings (SSSR count). The van der Waals surface area contributed by atoms with Crippen molar-refractivity contribution in [3.05, 3.63) is 40.1 Å². The van der Waals surface area contributed by atoms with Crippen LogP contribution in [-0.4, -0.2) is 27.4 Å². The third kappa shape index (κ3) is 4.70. The van der Waals surface area contributed by atoms with Crippen LogP contribution in [0.2, 0.25) is 10.0 Å². The van der Waals surface area contributed by atoms with Crippen molar-refractivity contribution < 1.29 is 4.79 Å². The first-order valence-electron chi connectivity index (χ1n) is 6.43. The molecule has 0 saturated heterocycles. The zero-order chi connectivity index (χ0) is 15.2. The molecule has 0 bridgehead atoms. The van der Waals surface area contributed by atoms with Crippen LogP contribution in [0.5, 0.6) is 0 Å². The predicted molar refractivity (Wildman–Crippen MR) is 82.5 cm³/mol. The highest BCUT2D eigenvalue weighted by molar-refractivity contribution is 6.42. The van der Waals surface area contributed by atoms with Crippen molar-refractivity contribution in [1.82, 2.24) is 20.3 Å². The Morgan fingerprint density at radius 3 is 2.86 bits per heavy atom. The first-order valence-corrected chi connectivity index (χ1v) is 7.18. The summed E-state index contributed by atoms with van der Waals surface area (Å²) in [6.45, 7) is 3.57. The molecule has 1 aromatic heterocycles. The number of amides is 1. The van der Waals surface area contributed by atoms with Crippen LogP contribution in [0.1, 0.15) is 12.6 Å². The molecule has 6 nitrogen and oxygen atoms in total. The molecule has 8 heteroatoms. The Morgan fingerprint density at radius 1 is 1.33 bits per heavy atom. The van der Waals surface area contributed by atoms with E-state index in [0.29, 0.717) is 22.3 Å². The Bertz CT molecular complexity index is 629. The normalized spacial score (nSPS) is 10.6. The number of nitrogens with one attached hydrogen (secondary N) is 2. The average Bonchev–Trinajstić information content (AvgIpc) is 2.88. The number of benzene rings is 1. The summed E-state index contributed by atoms with van der Waals surface area (Å²) >= 11 is 11.7. The molecular weight excluding hydrogens is 313 g/mol. The number of rotatable bonds is 6. The molecule has 0 aliphatic carbocycles. The maximum Gasteiger partial charge on any atom is 0.246 e. The fourth-order valence-corrected chi connectivity index (χ4v) is 1.97. The Balaban J connectivity index is 1.91. The van der Waals surface area contributed by atoms with E-state index < -0.39 is 0 Å². The van der Waals surface area contributed by atoms with Gasteiger partial charge in [-0.15, -0.1) is 5.10 Å². The molecule has 1 amide bonds. The molecule has 112 valence electrons. The van der Waals surface area contributed by atoms with Crippen LogP contribution in [0, 0.1) is 0 Å². The highest BCUT2D eigenvalue weighted by Crippen LogP contribution is 2.24. The second-order valence-corrected chi connectivity index (χ2v) is 5.18. The van der Waals surface area contributed by atoms with Gasteiger partial charge in [0.15, 0.2) is 0 Å². The number of halogens is 2. The van der Waals surface area contributed by atoms with Crippen LogP contribution in [0.3, 0.4) is 0 Å². The van der Waals surface area contributed by atoms with Gasteiger partial charge in [-0.1, -0.05) is 35.3 Å². The summed E-state index contributed by atoms with van der Waals surface area (Å²) in [5.41, 5.74) is 1.38. The Morgan fingerprint density at radius 2 is 2.14 bits per heavy atom. The third-order valence-corrected chi connectivity index (χ3v) is 3.39. The van der Waals surface area contributed by atoms with Gasteiger partial charge in [0, 0.05) is 12.2 Å². The molecular formula is C13H15Cl2N5O. The van der Waals surface area contributed by atoms with Gasteiger partial charge in [0.05, 0.1) is 21.9 Å². The van der Waals surface area contributed by atoms with E-state index in [1.807, 2.05) is 6.92 Å². The molecule has 0 saturated carbocycles. The second-order valence-electron chi connectivity index (χ2n) is 4.36. The zero-order valence-electron chi connectivity index (χ0n) is 11.4. The monoisotopic (exact) mass is 327 g/mol. The van der Waals surface area contributed by atoms with Crippen LogP contribution < -0.4 is 10.6 Å². The van der Waals surface area contributed by atoms with E-state index in [9.17, 15) is 4.79 Å². The maximum absolute atomic E-state index is 11.9. The van der Waals surface area contributed by atoms with E-state index in [0.717, 1.165) is 12.2 Å². The Labute approximate surface area is 132 Å². The highest BCUT2D eigenvalue weighted by Gasteiger charge is 2.07. The average molecular weight is 328 g/mol.